The average Bonchev–Trinajstić information content (AvgIpc) is 2.66. The van der Waals surface area contributed by atoms with Crippen molar-refractivity contribution in [1.82, 2.24) is 5.32 Å². The molecule has 2 heterocycles. The highest BCUT2D eigenvalue weighted by Gasteiger charge is 2.31. The van der Waals surface area contributed by atoms with Crippen LogP contribution in [0.3, 0.4) is 0 Å². The summed E-state index contributed by atoms with van der Waals surface area (Å²) in [6.45, 7) is 4.84. The molecule has 0 aliphatic carbocycles. The van der Waals surface area contributed by atoms with Crippen molar-refractivity contribution in [3.63, 3.8) is 0 Å². The van der Waals surface area contributed by atoms with E-state index in [2.05, 4.69) is 24.2 Å². The van der Waals surface area contributed by atoms with Crippen LogP contribution in [0.4, 0.5) is 0 Å². The summed E-state index contributed by atoms with van der Waals surface area (Å²) < 4.78 is 23.4. The maximum Gasteiger partial charge on any atom is 0.156 e. The van der Waals surface area contributed by atoms with Gasteiger partial charge < -0.3 is 5.32 Å². The third-order valence-electron chi connectivity index (χ3n) is 3.68. The number of sulfone groups is 1. The molecule has 18 heavy (non-hydrogen) atoms. The van der Waals surface area contributed by atoms with Crippen molar-refractivity contribution in [3.8, 4) is 0 Å². The van der Waals surface area contributed by atoms with Crippen LogP contribution in [0.2, 0.25) is 0 Å². The van der Waals surface area contributed by atoms with Crippen LogP contribution in [0, 0.1) is 5.92 Å². The normalized spacial score (nSPS) is 33.8. The van der Waals surface area contributed by atoms with Gasteiger partial charge in [-0.3, -0.25) is 4.99 Å². The molecule has 6 heteroatoms. The van der Waals surface area contributed by atoms with Crippen molar-refractivity contribution in [1.29, 1.82) is 0 Å². The van der Waals surface area contributed by atoms with Gasteiger partial charge in [0.05, 0.1) is 17.5 Å². The Morgan fingerprint density at radius 3 is 2.83 bits per heavy atom. The molecule has 2 rings (SSSR count). The monoisotopic (exact) mass is 290 g/mol. The number of thioether (sulfide) groups is 1. The van der Waals surface area contributed by atoms with Crippen molar-refractivity contribution in [2.45, 2.75) is 44.4 Å². The highest BCUT2D eigenvalue weighted by atomic mass is 32.2. The van der Waals surface area contributed by atoms with E-state index in [1.165, 1.54) is 0 Å². The summed E-state index contributed by atoms with van der Waals surface area (Å²) in [5.74, 6) is 2.01. The van der Waals surface area contributed by atoms with E-state index in [0.717, 1.165) is 30.2 Å². The highest BCUT2D eigenvalue weighted by molar-refractivity contribution is 8.13. The van der Waals surface area contributed by atoms with Crippen LogP contribution in [0.5, 0.6) is 0 Å². The van der Waals surface area contributed by atoms with Gasteiger partial charge in [0.2, 0.25) is 0 Å². The third kappa shape index (κ3) is 3.41. The summed E-state index contributed by atoms with van der Waals surface area (Å²) in [7, 11) is -2.86. The molecule has 0 radical (unpaired) electrons. The van der Waals surface area contributed by atoms with Gasteiger partial charge in [-0.2, -0.15) is 0 Å². The number of aliphatic imine (C=N–C) groups is 1. The molecule has 104 valence electrons. The number of nitrogens with one attached hydrogen (secondary N) is 1. The van der Waals surface area contributed by atoms with Crippen molar-refractivity contribution in [2.24, 2.45) is 10.9 Å². The lowest BCUT2D eigenvalue weighted by atomic mass is 10.0. The van der Waals surface area contributed by atoms with Gasteiger partial charge in [0.15, 0.2) is 15.0 Å². The van der Waals surface area contributed by atoms with E-state index in [0.29, 0.717) is 24.3 Å². The van der Waals surface area contributed by atoms with Crippen LogP contribution in [-0.4, -0.2) is 42.9 Å². The molecule has 0 aromatic heterocycles. The number of amidine groups is 1. The van der Waals surface area contributed by atoms with E-state index in [-0.39, 0.29) is 5.25 Å². The molecule has 0 spiro atoms. The fraction of sp³-hybridized carbons (Fsp3) is 0.917. The Labute approximate surface area is 114 Å². The average molecular weight is 290 g/mol. The summed E-state index contributed by atoms with van der Waals surface area (Å²) in [6, 6.07) is 0.477. The van der Waals surface area contributed by atoms with E-state index >= 15 is 0 Å². The molecule has 2 fully saturated rings. The summed E-state index contributed by atoms with van der Waals surface area (Å²) >= 11 is 1.71. The first kappa shape index (κ1) is 14.2. The topological polar surface area (TPSA) is 58.5 Å². The van der Waals surface area contributed by atoms with Crippen LogP contribution < -0.4 is 5.32 Å². The molecule has 2 unspecified atom stereocenters. The molecule has 0 aromatic rings. The Morgan fingerprint density at radius 1 is 1.44 bits per heavy atom. The summed E-state index contributed by atoms with van der Waals surface area (Å²) in [4.78, 5) is 4.48. The van der Waals surface area contributed by atoms with Crippen LogP contribution in [0.15, 0.2) is 4.99 Å². The predicted octanol–water partition coefficient (Wildman–Crippen LogP) is 1.67. The van der Waals surface area contributed by atoms with E-state index in [1.54, 1.807) is 11.8 Å². The molecule has 0 bridgehead atoms. The van der Waals surface area contributed by atoms with Crippen LogP contribution in [0.25, 0.3) is 0 Å². The molecular weight excluding hydrogens is 268 g/mol. The second-order valence-electron chi connectivity index (χ2n) is 5.41. The molecule has 2 atom stereocenters. The van der Waals surface area contributed by atoms with Crippen LogP contribution >= 0.6 is 11.8 Å². The Hall–Kier alpha value is -0.230. The SMILES string of the molecule is CC(C)C1CCSC(=NCC2CCCS2(=O)=O)N1. The largest absolute Gasteiger partial charge is 0.362 e. The Balaban J connectivity index is 1.93. The maximum atomic E-state index is 11.7. The zero-order chi connectivity index (χ0) is 13.2. The fourth-order valence-corrected chi connectivity index (χ4v) is 5.09. The van der Waals surface area contributed by atoms with Gasteiger partial charge in [-0.25, -0.2) is 8.42 Å². The van der Waals surface area contributed by atoms with E-state index in [9.17, 15) is 8.42 Å². The molecule has 2 aliphatic heterocycles. The van der Waals surface area contributed by atoms with Crippen LogP contribution in [0.1, 0.15) is 33.1 Å². The predicted molar refractivity (Wildman–Crippen MR) is 77.9 cm³/mol. The molecule has 2 saturated heterocycles. The van der Waals surface area contributed by atoms with Gasteiger partial charge in [-0.1, -0.05) is 25.6 Å². The van der Waals surface area contributed by atoms with Gasteiger partial charge in [0.25, 0.3) is 0 Å². The molecule has 1 N–H and O–H groups in total. The fourth-order valence-electron chi connectivity index (χ4n) is 2.39. The standard InChI is InChI=1S/C12H22N2O2S2/c1-9(2)11-5-6-17-12(14-11)13-8-10-4-3-7-18(10,15)16/h9-11H,3-8H2,1-2H3,(H,13,14). The maximum absolute atomic E-state index is 11.7. The first-order chi connectivity index (χ1) is 8.49. The zero-order valence-electron chi connectivity index (χ0n) is 11.1. The van der Waals surface area contributed by atoms with Gasteiger partial charge in [-0.15, -0.1) is 0 Å². The molecule has 4 nitrogen and oxygen atoms in total. The van der Waals surface area contributed by atoms with E-state index in [4.69, 9.17) is 0 Å². The third-order valence-corrected chi connectivity index (χ3v) is 6.90. The number of nitrogens with zero attached hydrogens (tertiary/aromatic N) is 1. The minimum absolute atomic E-state index is 0.244. The molecule has 0 aromatic carbocycles. The first-order valence-corrected chi connectivity index (χ1v) is 9.34. The Bertz CT molecular complexity index is 418. The van der Waals surface area contributed by atoms with Crippen LogP contribution in [-0.2, 0) is 9.84 Å². The Kier molecular flexibility index (Phi) is 4.59. The van der Waals surface area contributed by atoms with Gasteiger partial charge >= 0.3 is 0 Å². The van der Waals surface area contributed by atoms with Crippen molar-refractivity contribution in [2.75, 3.05) is 18.1 Å². The number of rotatable bonds is 3. The second kappa shape index (κ2) is 5.82. The molecule has 0 amide bonds. The summed E-state index contributed by atoms with van der Waals surface area (Å²) in [5.41, 5.74) is 0. The van der Waals surface area contributed by atoms with E-state index < -0.39 is 9.84 Å². The van der Waals surface area contributed by atoms with E-state index in [1.807, 2.05) is 0 Å². The zero-order valence-corrected chi connectivity index (χ0v) is 12.7. The quantitative estimate of drug-likeness (QED) is 0.859. The van der Waals surface area contributed by atoms with Gasteiger partial charge in [0.1, 0.15) is 0 Å². The number of hydrogen-bond acceptors (Lipinski definition) is 4. The molecule has 2 aliphatic rings. The lowest BCUT2D eigenvalue weighted by Gasteiger charge is -2.28. The minimum Gasteiger partial charge on any atom is -0.362 e. The van der Waals surface area contributed by atoms with Gasteiger partial charge in [0, 0.05) is 11.8 Å². The van der Waals surface area contributed by atoms with Crippen molar-refractivity contribution >= 4 is 26.8 Å². The lowest BCUT2D eigenvalue weighted by molar-refractivity contribution is 0.442. The first-order valence-electron chi connectivity index (χ1n) is 6.64. The van der Waals surface area contributed by atoms with Crippen molar-refractivity contribution < 1.29 is 8.42 Å². The van der Waals surface area contributed by atoms with Crippen molar-refractivity contribution in [3.05, 3.63) is 0 Å². The minimum atomic E-state index is -2.86. The smallest absolute Gasteiger partial charge is 0.156 e. The number of hydrogen-bond donors (Lipinski definition) is 1. The van der Waals surface area contributed by atoms with Gasteiger partial charge in [-0.05, 0) is 25.2 Å². The lowest BCUT2D eigenvalue weighted by Crippen LogP contribution is -2.41. The summed E-state index contributed by atoms with van der Waals surface area (Å²) in [5, 5.41) is 4.11. The Morgan fingerprint density at radius 2 is 2.22 bits per heavy atom. The second-order valence-corrected chi connectivity index (χ2v) is 8.89. The highest BCUT2D eigenvalue weighted by Crippen LogP contribution is 2.22. The summed E-state index contributed by atoms with van der Waals surface area (Å²) in [6.07, 6.45) is 2.73. The molecular formula is C12H22N2O2S2. The molecule has 0 saturated carbocycles.